The lowest BCUT2D eigenvalue weighted by Gasteiger charge is -2.09. The van der Waals surface area contributed by atoms with Crippen LogP contribution in [0.2, 0.25) is 0 Å². The predicted molar refractivity (Wildman–Crippen MR) is 105 cm³/mol. The average molecular weight is 379 g/mol. The van der Waals surface area contributed by atoms with Crippen molar-refractivity contribution in [2.45, 2.75) is 13.8 Å². The van der Waals surface area contributed by atoms with Crippen molar-refractivity contribution in [1.29, 1.82) is 0 Å². The highest BCUT2D eigenvalue weighted by Gasteiger charge is 2.18. The van der Waals surface area contributed by atoms with E-state index >= 15 is 0 Å². The van der Waals surface area contributed by atoms with Crippen LogP contribution in [0.3, 0.4) is 0 Å². The number of carbonyl (C=O) groups is 2. The summed E-state index contributed by atoms with van der Waals surface area (Å²) in [4.78, 5) is 24.8. The molecule has 0 saturated heterocycles. The minimum absolute atomic E-state index is 0.235. The Kier molecular flexibility index (Phi) is 5.74. The van der Waals surface area contributed by atoms with Crippen LogP contribution in [0, 0.1) is 6.92 Å². The summed E-state index contributed by atoms with van der Waals surface area (Å²) in [6.07, 6.45) is 0. The molecule has 7 nitrogen and oxygen atoms in total. The minimum Gasteiger partial charge on any atom is -0.497 e. The first-order valence-corrected chi connectivity index (χ1v) is 8.82. The lowest BCUT2D eigenvalue weighted by atomic mass is 10.1. The lowest BCUT2D eigenvalue weighted by molar-refractivity contribution is 0.0527. The van der Waals surface area contributed by atoms with E-state index in [2.05, 4.69) is 10.4 Å². The van der Waals surface area contributed by atoms with Crippen LogP contribution in [-0.4, -0.2) is 35.4 Å². The molecule has 0 aliphatic carbocycles. The summed E-state index contributed by atoms with van der Waals surface area (Å²) in [6.45, 7) is 3.84. The molecule has 1 amide bonds. The van der Waals surface area contributed by atoms with Crippen LogP contribution < -0.4 is 10.1 Å². The second-order valence-electron chi connectivity index (χ2n) is 6.00. The Labute approximate surface area is 162 Å². The van der Waals surface area contributed by atoms with Gasteiger partial charge in [0.25, 0.3) is 5.91 Å². The number of esters is 1. The highest BCUT2D eigenvalue weighted by atomic mass is 16.5. The molecule has 0 bridgehead atoms. The first kappa shape index (κ1) is 19.2. The van der Waals surface area contributed by atoms with E-state index in [0.717, 1.165) is 11.4 Å². The maximum absolute atomic E-state index is 12.7. The van der Waals surface area contributed by atoms with Gasteiger partial charge in [0.05, 0.1) is 30.7 Å². The van der Waals surface area contributed by atoms with Crippen LogP contribution in [0.25, 0.3) is 5.69 Å². The van der Waals surface area contributed by atoms with E-state index in [9.17, 15) is 9.59 Å². The van der Waals surface area contributed by atoms with E-state index < -0.39 is 11.9 Å². The summed E-state index contributed by atoms with van der Waals surface area (Å²) in [5.41, 5.74) is 2.47. The molecule has 1 aromatic heterocycles. The number of nitrogens with one attached hydrogen (secondary N) is 1. The van der Waals surface area contributed by atoms with Gasteiger partial charge in [-0.15, -0.1) is 0 Å². The van der Waals surface area contributed by atoms with E-state index in [1.165, 1.54) is 0 Å². The van der Waals surface area contributed by atoms with E-state index in [-0.39, 0.29) is 12.3 Å². The van der Waals surface area contributed by atoms with Gasteiger partial charge in [0.15, 0.2) is 5.69 Å². The number of hydrogen-bond donors (Lipinski definition) is 1. The van der Waals surface area contributed by atoms with Gasteiger partial charge in [-0.3, -0.25) is 4.79 Å². The molecule has 2 aromatic carbocycles. The molecule has 0 unspecified atom stereocenters. The van der Waals surface area contributed by atoms with Crippen molar-refractivity contribution < 1.29 is 19.1 Å². The van der Waals surface area contributed by atoms with Crippen LogP contribution >= 0.6 is 0 Å². The zero-order valence-electron chi connectivity index (χ0n) is 15.9. The standard InChI is InChI=1S/C21H21N3O4/c1-4-28-21(26)17-10-5-6-11-18(17)22-20(25)19-12-14(2)24(23-19)15-8-7-9-16(13-15)27-3/h5-13H,4H2,1-3H3,(H,22,25). The monoisotopic (exact) mass is 379 g/mol. The smallest absolute Gasteiger partial charge is 0.340 e. The predicted octanol–water partition coefficient (Wildman–Crippen LogP) is 3.62. The molecule has 0 radical (unpaired) electrons. The number of hydrogen-bond acceptors (Lipinski definition) is 5. The Morgan fingerprint density at radius 3 is 2.64 bits per heavy atom. The summed E-state index contributed by atoms with van der Waals surface area (Å²) in [5.74, 6) is -0.209. The maximum Gasteiger partial charge on any atom is 0.340 e. The van der Waals surface area contributed by atoms with Gasteiger partial charge in [0.2, 0.25) is 0 Å². The largest absolute Gasteiger partial charge is 0.497 e. The number of aryl methyl sites for hydroxylation is 1. The minimum atomic E-state index is -0.489. The van der Waals surface area contributed by atoms with Gasteiger partial charge in [-0.25, -0.2) is 9.48 Å². The van der Waals surface area contributed by atoms with Crippen molar-refractivity contribution in [3.63, 3.8) is 0 Å². The summed E-state index contributed by atoms with van der Waals surface area (Å²) < 4.78 is 11.9. The molecular weight excluding hydrogens is 358 g/mol. The highest BCUT2D eigenvalue weighted by Crippen LogP contribution is 2.20. The molecule has 1 N–H and O–H groups in total. The summed E-state index contributed by atoms with van der Waals surface area (Å²) in [7, 11) is 1.59. The molecule has 0 aliphatic heterocycles. The molecule has 144 valence electrons. The normalized spacial score (nSPS) is 10.4. The fraction of sp³-hybridized carbons (Fsp3) is 0.190. The molecule has 7 heteroatoms. The molecule has 0 aliphatic rings. The molecule has 0 saturated carbocycles. The first-order valence-electron chi connectivity index (χ1n) is 8.82. The molecule has 0 atom stereocenters. The molecule has 0 fully saturated rings. The third-order valence-electron chi connectivity index (χ3n) is 4.09. The van der Waals surface area contributed by atoms with E-state index in [1.807, 2.05) is 31.2 Å². The quantitative estimate of drug-likeness (QED) is 0.662. The fourth-order valence-corrected chi connectivity index (χ4v) is 2.75. The Balaban J connectivity index is 1.86. The number of amides is 1. The lowest BCUT2D eigenvalue weighted by Crippen LogP contribution is -2.16. The second-order valence-corrected chi connectivity index (χ2v) is 6.00. The van der Waals surface area contributed by atoms with Gasteiger partial charge >= 0.3 is 5.97 Å². The van der Waals surface area contributed by atoms with Crippen molar-refractivity contribution in [3.05, 3.63) is 71.5 Å². The van der Waals surface area contributed by atoms with Crippen LogP contribution in [-0.2, 0) is 4.74 Å². The average Bonchev–Trinajstić information content (AvgIpc) is 3.10. The van der Waals surface area contributed by atoms with Crippen molar-refractivity contribution in [1.82, 2.24) is 9.78 Å². The van der Waals surface area contributed by atoms with E-state index in [0.29, 0.717) is 17.0 Å². The van der Waals surface area contributed by atoms with E-state index in [1.54, 1.807) is 49.0 Å². The Bertz CT molecular complexity index is 1010. The maximum atomic E-state index is 12.7. The summed E-state index contributed by atoms with van der Waals surface area (Å²) in [6, 6.07) is 15.8. The number of para-hydroxylation sites is 1. The third-order valence-corrected chi connectivity index (χ3v) is 4.09. The zero-order chi connectivity index (χ0) is 20.1. The first-order chi connectivity index (χ1) is 13.5. The summed E-state index contributed by atoms with van der Waals surface area (Å²) >= 11 is 0. The Morgan fingerprint density at radius 1 is 1.11 bits per heavy atom. The van der Waals surface area contributed by atoms with Crippen molar-refractivity contribution in [2.24, 2.45) is 0 Å². The molecule has 3 aromatic rings. The Morgan fingerprint density at radius 2 is 1.89 bits per heavy atom. The van der Waals surface area contributed by atoms with Crippen LogP contribution in [0.5, 0.6) is 5.75 Å². The van der Waals surface area contributed by atoms with E-state index in [4.69, 9.17) is 9.47 Å². The molecule has 0 spiro atoms. The van der Waals surface area contributed by atoms with Crippen LogP contribution in [0.1, 0.15) is 33.5 Å². The number of methoxy groups -OCH3 is 1. The number of anilines is 1. The number of benzene rings is 2. The third kappa shape index (κ3) is 4.03. The molecule has 1 heterocycles. The van der Waals surface area contributed by atoms with Crippen LogP contribution in [0.15, 0.2) is 54.6 Å². The second kappa shape index (κ2) is 8.39. The Hall–Kier alpha value is -3.61. The van der Waals surface area contributed by atoms with Gasteiger partial charge in [-0.1, -0.05) is 18.2 Å². The zero-order valence-corrected chi connectivity index (χ0v) is 15.9. The number of aromatic nitrogens is 2. The summed E-state index contributed by atoms with van der Waals surface area (Å²) in [5, 5.41) is 7.14. The van der Waals surface area contributed by atoms with Gasteiger partial charge in [0, 0.05) is 11.8 Å². The SMILES string of the molecule is CCOC(=O)c1ccccc1NC(=O)c1cc(C)n(-c2cccc(OC)c2)n1. The number of nitrogens with zero attached hydrogens (tertiary/aromatic N) is 2. The number of ether oxygens (including phenoxy) is 2. The molecular formula is C21H21N3O4. The van der Waals surface area contributed by atoms with Gasteiger partial charge in [-0.05, 0) is 44.2 Å². The number of carbonyl (C=O) groups excluding carboxylic acids is 2. The van der Waals surface area contributed by atoms with Gasteiger partial charge in [0.1, 0.15) is 5.75 Å². The van der Waals surface area contributed by atoms with Gasteiger partial charge < -0.3 is 14.8 Å². The van der Waals surface area contributed by atoms with Crippen LogP contribution in [0.4, 0.5) is 5.69 Å². The molecule has 3 rings (SSSR count). The fourth-order valence-electron chi connectivity index (χ4n) is 2.75. The topological polar surface area (TPSA) is 82.5 Å². The van der Waals surface area contributed by atoms with Gasteiger partial charge in [-0.2, -0.15) is 5.10 Å². The number of rotatable bonds is 6. The van der Waals surface area contributed by atoms with Crippen molar-refractivity contribution in [3.8, 4) is 11.4 Å². The molecule has 28 heavy (non-hydrogen) atoms. The highest BCUT2D eigenvalue weighted by molar-refractivity contribution is 6.07. The van der Waals surface area contributed by atoms with Crippen molar-refractivity contribution >= 4 is 17.6 Å². The van der Waals surface area contributed by atoms with Crippen molar-refractivity contribution in [2.75, 3.05) is 19.0 Å².